The van der Waals surface area contributed by atoms with Crippen LogP contribution in [-0.4, -0.2) is 34.1 Å². The van der Waals surface area contributed by atoms with Crippen molar-refractivity contribution in [1.29, 1.82) is 0 Å². The number of carboxylic acid groups (broad SMARTS) is 1. The van der Waals surface area contributed by atoms with Gasteiger partial charge >= 0.3 is 5.97 Å². The molecule has 2 N–H and O–H groups in total. The van der Waals surface area contributed by atoms with E-state index in [1.54, 1.807) is 11.7 Å². The van der Waals surface area contributed by atoms with Gasteiger partial charge in [-0.1, -0.05) is 0 Å². The topological polar surface area (TPSA) is 85.6 Å². The molecule has 0 saturated heterocycles. The molecule has 7 nitrogen and oxygen atoms in total. The summed E-state index contributed by atoms with van der Waals surface area (Å²) < 4.78 is 12.5. The second-order valence-corrected chi connectivity index (χ2v) is 4.65. The highest BCUT2D eigenvalue weighted by Gasteiger charge is 2.15. The van der Waals surface area contributed by atoms with Crippen LogP contribution < -0.4 is 14.8 Å². The Morgan fingerprint density at radius 3 is 2.90 bits per heavy atom. The number of hydrogen-bond acceptors (Lipinski definition) is 5. The molecule has 0 saturated carbocycles. The number of fused-ring (bicyclic) bond motifs is 1. The standard InChI is InChI=1S/C14H15N3O4/c1-17-11(10(7-16-17)14(18)19)8-15-9-2-3-12-13(6-9)21-5-4-20-12/h2-3,6-7,15H,4-5,8H2,1H3,(H,18,19). The maximum absolute atomic E-state index is 11.1. The zero-order valence-corrected chi connectivity index (χ0v) is 11.5. The summed E-state index contributed by atoms with van der Waals surface area (Å²) in [5.74, 6) is 0.426. The molecule has 0 aliphatic carbocycles. The molecule has 0 fully saturated rings. The number of anilines is 1. The zero-order chi connectivity index (χ0) is 14.8. The van der Waals surface area contributed by atoms with Crippen molar-refractivity contribution in [1.82, 2.24) is 9.78 Å². The number of aryl methyl sites for hydroxylation is 1. The number of carboxylic acids is 1. The fraction of sp³-hybridized carbons (Fsp3) is 0.286. The highest BCUT2D eigenvalue weighted by molar-refractivity contribution is 5.88. The monoisotopic (exact) mass is 289 g/mol. The van der Waals surface area contributed by atoms with Crippen LogP contribution in [0, 0.1) is 0 Å². The molecule has 1 aromatic carbocycles. The zero-order valence-electron chi connectivity index (χ0n) is 11.5. The summed E-state index contributed by atoms with van der Waals surface area (Å²) >= 11 is 0. The molecule has 2 aromatic rings. The van der Waals surface area contributed by atoms with Crippen molar-refractivity contribution in [3.63, 3.8) is 0 Å². The Balaban J connectivity index is 1.76. The van der Waals surface area contributed by atoms with Crippen molar-refractivity contribution in [2.24, 2.45) is 7.05 Å². The highest BCUT2D eigenvalue weighted by Crippen LogP contribution is 2.32. The first-order chi connectivity index (χ1) is 10.1. The molecule has 0 radical (unpaired) electrons. The molecule has 7 heteroatoms. The Kier molecular flexibility index (Phi) is 3.39. The molecule has 1 aromatic heterocycles. The molecular weight excluding hydrogens is 274 g/mol. The lowest BCUT2D eigenvalue weighted by molar-refractivity contribution is 0.0695. The van der Waals surface area contributed by atoms with Crippen LogP contribution in [0.5, 0.6) is 11.5 Å². The molecule has 1 aliphatic heterocycles. The van der Waals surface area contributed by atoms with E-state index in [0.717, 1.165) is 11.4 Å². The van der Waals surface area contributed by atoms with E-state index in [1.807, 2.05) is 18.2 Å². The minimum absolute atomic E-state index is 0.197. The van der Waals surface area contributed by atoms with Gasteiger partial charge in [0.15, 0.2) is 11.5 Å². The maximum Gasteiger partial charge on any atom is 0.339 e. The summed E-state index contributed by atoms with van der Waals surface area (Å²) in [6, 6.07) is 5.54. The minimum Gasteiger partial charge on any atom is -0.486 e. The molecule has 3 rings (SSSR count). The fourth-order valence-corrected chi connectivity index (χ4v) is 2.19. The van der Waals surface area contributed by atoms with E-state index in [1.165, 1.54) is 6.20 Å². The number of nitrogens with zero attached hydrogens (tertiary/aromatic N) is 2. The summed E-state index contributed by atoms with van der Waals surface area (Å²) in [4.78, 5) is 11.1. The summed E-state index contributed by atoms with van der Waals surface area (Å²) in [6.45, 7) is 1.44. The Labute approximate surface area is 121 Å². The second-order valence-electron chi connectivity index (χ2n) is 4.65. The van der Waals surface area contributed by atoms with Crippen molar-refractivity contribution in [2.75, 3.05) is 18.5 Å². The summed E-state index contributed by atoms with van der Waals surface area (Å²) in [7, 11) is 1.72. The van der Waals surface area contributed by atoms with Crippen molar-refractivity contribution in [3.8, 4) is 11.5 Å². The van der Waals surface area contributed by atoms with E-state index >= 15 is 0 Å². The van der Waals surface area contributed by atoms with Crippen LogP contribution in [0.25, 0.3) is 0 Å². The molecule has 1 aliphatic rings. The first-order valence-corrected chi connectivity index (χ1v) is 6.53. The number of rotatable bonds is 4. The van der Waals surface area contributed by atoms with E-state index in [0.29, 0.717) is 31.2 Å². The number of aromatic carboxylic acids is 1. The lowest BCUT2D eigenvalue weighted by atomic mass is 10.2. The van der Waals surface area contributed by atoms with Gasteiger partial charge in [0.2, 0.25) is 0 Å². The van der Waals surface area contributed by atoms with Gasteiger partial charge in [-0.3, -0.25) is 4.68 Å². The van der Waals surface area contributed by atoms with Crippen molar-refractivity contribution in [2.45, 2.75) is 6.54 Å². The van der Waals surface area contributed by atoms with E-state index in [-0.39, 0.29) is 5.56 Å². The van der Waals surface area contributed by atoms with Crippen molar-refractivity contribution in [3.05, 3.63) is 35.7 Å². The van der Waals surface area contributed by atoms with E-state index in [2.05, 4.69) is 10.4 Å². The summed E-state index contributed by atoms with van der Waals surface area (Å²) in [5, 5.41) is 16.3. The molecule has 110 valence electrons. The van der Waals surface area contributed by atoms with E-state index < -0.39 is 5.97 Å². The van der Waals surface area contributed by atoms with Gasteiger partial charge in [-0.25, -0.2) is 4.79 Å². The highest BCUT2D eigenvalue weighted by atomic mass is 16.6. The molecule has 0 bridgehead atoms. The SMILES string of the molecule is Cn1ncc(C(=O)O)c1CNc1ccc2c(c1)OCCO2. The molecule has 0 unspecified atom stereocenters. The number of hydrogen-bond donors (Lipinski definition) is 2. The maximum atomic E-state index is 11.1. The fourth-order valence-electron chi connectivity index (χ4n) is 2.19. The Morgan fingerprint density at radius 1 is 1.38 bits per heavy atom. The van der Waals surface area contributed by atoms with Crippen LogP contribution >= 0.6 is 0 Å². The largest absolute Gasteiger partial charge is 0.486 e. The number of aromatic nitrogens is 2. The molecule has 0 atom stereocenters. The predicted molar refractivity (Wildman–Crippen MR) is 74.9 cm³/mol. The minimum atomic E-state index is -0.984. The van der Waals surface area contributed by atoms with Crippen LogP contribution in [0.15, 0.2) is 24.4 Å². The lowest BCUT2D eigenvalue weighted by Gasteiger charge is -2.19. The third kappa shape index (κ3) is 2.62. The molecule has 0 amide bonds. The van der Waals surface area contributed by atoms with Gasteiger partial charge in [-0.05, 0) is 12.1 Å². The number of ether oxygens (including phenoxy) is 2. The van der Waals surface area contributed by atoms with Crippen LogP contribution in [0.4, 0.5) is 5.69 Å². The van der Waals surface area contributed by atoms with Crippen molar-refractivity contribution >= 4 is 11.7 Å². The Morgan fingerprint density at radius 2 is 2.14 bits per heavy atom. The smallest absolute Gasteiger partial charge is 0.339 e. The third-order valence-corrected chi connectivity index (χ3v) is 3.29. The van der Waals surface area contributed by atoms with Gasteiger partial charge in [0.25, 0.3) is 0 Å². The van der Waals surface area contributed by atoms with Gasteiger partial charge in [0.05, 0.1) is 18.4 Å². The average molecular weight is 289 g/mol. The Hall–Kier alpha value is -2.70. The van der Waals surface area contributed by atoms with Gasteiger partial charge in [0.1, 0.15) is 18.8 Å². The van der Waals surface area contributed by atoms with E-state index in [4.69, 9.17) is 14.6 Å². The third-order valence-electron chi connectivity index (χ3n) is 3.29. The van der Waals surface area contributed by atoms with Crippen LogP contribution in [0.2, 0.25) is 0 Å². The molecular formula is C14H15N3O4. The summed E-state index contributed by atoms with van der Waals surface area (Å²) in [5.41, 5.74) is 1.64. The lowest BCUT2D eigenvalue weighted by Crippen LogP contribution is -2.15. The van der Waals surface area contributed by atoms with Crippen LogP contribution in [0.3, 0.4) is 0 Å². The number of nitrogens with one attached hydrogen (secondary N) is 1. The molecule has 2 heterocycles. The van der Waals surface area contributed by atoms with Gasteiger partial charge in [-0.15, -0.1) is 0 Å². The first kappa shape index (κ1) is 13.3. The normalized spacial score (nSPS) is 13.0. The van der Waals surface area contributed by atoms with Gasteiger partial charge in [-0.2, -0.15) is 5.10 Å². The molecule has 0 spiro atoms. The van der Waals surface area contributed by atoms with Gasteiger partial charge < -0.3 is 19.9 Å². The molecule has 21 heavy (non-hydrogen) atoms. The van der Waals surface area contributed by atoms with Crippen LogP contribution in [0.1, 0.15) is 16.1 Å². The van der Waals surface area contributed by atoms with Crippen LogP contribution in [-0.2, 0) is 13.6 Å². The number of carbonyl (C=O) groups is 1. The first-order valence-electron chi connectivity index (χ1n) is 6.53. The quantitative estimate of drug-likeness (QED) is 0.887. The van der Waals surface area contributed by atoms with Crippen molar-refractivity contribution < 1.29 is 19.4 Å². The number of benzene rings is 1. The second kappa shape index (κ2) is 5.35. The van der Waals surface area contributed by atoms with Gasteiger partial charge in [0, 0.05) is 18.8 Å². The predicted octanol–water partition coefficient (Wildman–Crippen LogP) is 1.50. The Bertz CT molecular complexity index is 681. The average Bonchev–Trinajstić information content (AvgIpc) is 2.86. The van der Waals surface area contributed by atoms with E-state index in [9.17, 15) is 4.79 Å². The summed E-state index contributed by atoms with van der Waals surface area (Å²) in [6.07, 6.45) is 1.35.